The van der Waals surface area contributed by atoms with Gasteiger partial charge in [0, 0.05) is 23.2 Å². The molecule has 0 aliphatic rings. The van der Waals surface area contributed by atoms with Crippen LogP contribution in [0.1, 0.15) is 16.7 Å². The number of nitrogens with zero attached hydrogens (tertiary/aromatic N) is 3. The van der Waals surface area contributed by atoms with Crippen molar-refractivity contribution in [2.75, 3.05) is 0 Å². The van der Waals surface area contributed by atoms with Gasteiger partial charge in [-0.25, -0.2) is 9.97 Å². The van der Waals surface area contributed by atoms with E-state index in [9.17, 15) is 0 Å². The summed E-state index contributed by atoms with van der Waals surface area (Å²) in [6.45, 7) is 4.23. The molecule has 0 unspecified atom stereocenters. The number of thioether (sulfide) groups is 1. The third kappa shape index (κ3) is 3.99. The van der Waals surface area contributed by atoms with Crippen LogP contribution in [0.5, 0.6) is 0 Å². The van der Waals surface area contributed by atoms with Crippen LogP contribution in [0.3, 0.4) is 0 Å². The van der Waals surface area contributed by atoms with E-state index in [1.165, 1.54) is 22.3 Å². The molecule has 152 valence electrons. The van der Waals surface area contributed by atoms with Gasteiger partial charge >= 0.3 is 0 Å². The van der Waals surface area contributed by atoms with Gasteiger partial charge in [0.2, 0.25) is 0 Å². The first-order valence-electron chi connectivity index (χ1n) is 10.4. The second-order valence-electron chi connectivity index (χ2n) is 7.77. The molecule has 3 nitrogen and oxygen atoms in total. The van der Waals surface area contributed by atoms with Crippen LogP contribution in [0, 0.1) is 13.8 Å². The van der Waals surface area contributed by atoms with Gasteiger partial charge < -0.3 is 4.57 Å². The van der Waals surface area contributed by atoms with E-state index < -0.39 is 0 Å². The monoisotopic (exact) mass is 421 g/mol. The van der Waals surface area contributed by atoms with Gasteiger partial charge in [-0.1, -0.05) is 72.3 Å². The second-order valence-corrected chi connectivity index (χ2v) is 8.73. The van der Waals surface area contributed by atoms with Crippen LogP contribution in [0.15, 0.2) is 96.4 Å². The molecule has 5 aromatic rings. The van der Waals surface area contributed by atoms with E-state index in [0.29, 0.717) is 0 Å². The van der Waals surface area contributed by atoms with Crippen molar-refractivity contribution in [3.8, 4) is 16.8 Å². The molecular weight excluding hydrogens is 398 g/mol. The molecule has 0 saturated carbocycles. The fraction of sp³-hybridized carbons (Fsp3) is 0.111. The molecule has 0 N–H and O–H groups in total. The van der Waals surface area contributed by atoms with Gasteiger partial charge in [-0.15, -0.1) is 11.8 Å². The number of hydrogen-bond acceptors (Lipinski definition) is 3. The Kier molecular flexibility index (Phi) is 5.31. The lowest BCUT2D eigenvalue weighted by Crippen LogP contribution is -1.95. The fourth-order valence-electron chi connectivity index (χ4n) is 3.79. The van der Waals surface area contributed by atoms with E-state index >= 15 is 0 Å². The first kappa shape index (κ1) is 19.6. The lowest BCUT2D eigenvalue weighted by Gasteiger charge is -2.07. The number of fused-ring (bicyclic) bond motifs is 1. The molecule has 2 aromatic heterocycles. The summed E-state index contributed by atoms with van der Waals surface area (Å²) in [7, 11) is 0. The molecule has 5 rings (SSSR count). The van der Waals surface area contributed by atoms with Crippen molar-refractivity contribution < 1.29 is 0 Å². The molecule has 3 aromatic carbocycles. The number of hydrogen-bond donors (Lipinski definition) is 0. The van der Waals surface area contributed by atoms with Gasteiger partial charge in [0.05, 0.1) is 5.39 Å². The molecule has 0 aliphatic heterocycles. The Labute approximate surface area is 186 Å². The summed E-state index contributed by atoms with van der Waals surface area (Å²) in [5.74, 6) is 0.871. The average Bonchev–Trinajstić information content (AvgIpc) is 3.20. The highest BCUT2D eigenvalue weighted by Gasteiger charge is 2.17. The molecule has 0 saturated heterocycles. The zero-order valence-corrected chi connectivity index (χ0v) is 18.4. The quantitative estimate of drug-likeness (QED) is 0.226. The van der Waals surface area contributed by atoms with E-state index in [-0.39, 0.29) is 0 Å². The van der Waals surface area contributed by atoms with E-state index in [1.54, 1.807) is 18.1 Å². The Bertz CT molecular complexity index is 1340. The topological polar surface area (TPSA) is 30.7 Å². The Morgan fingerprint density at radius 1 is 0.806 bits per heavy atom. The maximum absolute atomic E-state index is 4.70. The molecule has 0 fully saturated rings. The maximum atomic E-state index is 4.70. The molecule has 0 spiro atoms. The third-order valence-electron chi connectivity index (χ3n) is 5.41. The minimum Gasteiger partial charge on any atom is -0.301 e. The van der Waals surface area contributed by atoms with Crippen molar-refractivity contribution in [3.63, 3.8) is 0 Å². The molecular formula is C27H23N3S. The summed E-state index contributed by atoms with van der Waals surface area (Å²) in [5, 5.41) is 2.11. The first-order valence-corrected chi connectivity index (χ1v) is 11.3. The molecule has 0 amide bonds. The Morgan fingerprint density at radius 3 is 2.39 bits per heavy atom. The van der Waals surface area contributed by atoms with Crippen molar-refractivity contribution in [2.24, 2.45) is 0 Å². The largest absolute Gasteiger partial charge is 0.301 e. The molecule has 4 heteroatoms. The summed E-state index contributed by atoms with van der Waals surface area (Å²) in [4.78, 5) is 9.39. The van der Waals surface area contributed by atoms with Crippen molar-refractivity contribution in [2.45, 2.75) is 24.6 Å². The summed E-state index contributed by atoms with van der Waals surface area (Å²) in [6.07, 6.45) is 3.88. The second kappa shape index (κ2) is 8.40. The minimum atomic E-state index is 0.871. The van der Waals surface area contributed by atoms with Gasteiger partial charge in [-0.05, 0) is 42.7 Å². The van der Waals surface area contributed by atoms with Crippen LogP contribution in [-0.2, 0) is 5.75 Å². The standard InChI is InChI=1S/C27H23N3S/c1-19-11-13-21(14-12-19)17-31-27-25-24(22-8-4-3-5-9-22)16-30(26(25)28-18-29-27)23-10-6-7-20(2)15-23/h3-16,18H,17H2,1-2H3. The number of aryl methyl sites for hydroxylation is 2. The summed E-state index contributed by atoms with van der Waals surface area (Å²) in [5.41, 5.74) is 8.17. The predicted molar refractivity (Wildman–Crippen MR) is 130 cm³/mol. The van der Waals surface area contributed by atoms with Crippen molar-refractivity contribution in [3.05, 3.63) is 108 Å². The van der Waals surface area contributed by atoms with Crippen molar-refractivity contribution >= 4 is 22.8 Å². The van der Waals surface area contributed by atoms with Gasteiger partial charge in [-0.2, -0.15) is 0 Å². The minimum absolute atomic E-state index is 0.871. The highest BCUT2D eigenvalue weighted by molar-refractivity contribution is 7.98. The van der Waals surface area contributed by atoms with Crippen LogP contribution >= 0.6 is 11.8 Å². The molecule has 0 bridgehead atoms. The van der Waals surface area contributed by atoms with E-state index in [0.717, 1.165) is 33.1 Å². The van der Waals surface area contributed by atoms with Crippen molar-refractivity contribution in [1.29, 1.82) is 0 Å². The van der Waals surface area contributed by atoms with Gasteiger partial charge in [0.25, 0.3) is 0 Å². The summed E-state index contributed by atoms with van der Waals surface area (Å²) < 4.78 is 2.18. The lowest BCUT2D eigenvalue weighted by atomic mass is 10.1. The van der Waals surface area contributed by atoms with Crippen LogP contribution < -0.4 is 0 Å². The highest BCUT2D eigenvalue weighted by Crippen LogP contribution is 2.37. The zero-order chi connectivity index (χ0) is 21.2. The van der Waals surface area contributed by atoms with Crippen LogP contribution in [-0.4, -0.2) is 14.5 Å². The molecule has 31 heavy (non-hydrogen) atoms. The Morgan fingerprint density at radius 2 is 1.61 bits per heavy atom. The summed E-state index contributed by atoms with van der Waals surface area (Å²) in [6, 6.07) is 27.7. The molecule has 2 heterocycles. The molecule has 0 radical (unpaired) electrons. The van der Waals surface area contributed by atoms with Gasteiger partial charge in [0.1, 0.15) is 17.0 Å². The predicted octanol–water partition coefficient (Wildman–Crippen LogP) is 7.00. The smallest absolute Gasteiger partial charge is 0.149 e. The Hall–Kier alpha value is -3.37. The zero-order valence-electron chi connectivity index (χ0n) is 17.6. The third-order valence-corrected chi connectivity index (χ3v) is 6.47. The number of aromatic nitrogens is 3. The lowest BCUT2D eigenvalue weighted by molar-refractivity contribution is 1.04. The van der Waals surface area contributed by atoms with Gasteiger partial charge in [0.15, 0.2) is 0 Å². The van der Waals surface area contributed by atoms with Crippen LogP contribution in [0.2, 0.25) is 0 Å². The maximum Gasteiger partial charge on any atom is 0.149 e. The van der Waals surface area contributed by atoms with Crippen LogP contribution in [0.4, 0.5) is 0 Å². The Balaban J connectivity index is 1.65. The first-order chi connectivity index (χ1) is 15.2. The van der Waals surface area contributed by atoms with Gasteiger partial charge in [-0.3, -0.25) is 0 Å². The van der Waals surface area contributed by atoms with Crippen molar-refractivity contribution in [1.82, 2.24) is 14.5 Å². The number of benzene rings is 3. The summed E-state index contributed by atoms with van der Waals surface area (Å²) >= 11 is 1.76. The molecule has 0 aliphatic carbocycles. The fourth-order valence-corrected chi connectivity index (χ4v) is 4.75. The van der Waals surface area contributed by atoms with E-state index in [4.69, 9.17) is 4.98 Å². The van der Waals surface area contributed by atoms with Crippen LogP contribution in [0.25, 0.3) is 27.8 Å². The van der Waals surface area contributed by atoms with E-state index in [2.05, 4.69) is 102 Å². The molecule has 0 atom stereocenters. The average molecular weight is 422 g/mol. The van der Waals surface area contributed by atoms with E-state index in [1.807, 2.05) is 6.07 Å². The normalized spacial score (nSPS) is 11.2. The number of rotatable bonds is 5. The SMILES string of the molecule is Cc1ccc(CSc2ncnc3c2c(-c2ccccc2)cn3-c2cccc(C)c2)cc1. The highest BCUT2D eigenvalue weighted by atomic mass is 32.2.